The van der Waals surface area contributed by atoms with Crippen molar-refractivity contribution in [1.82, 2.24) is 29.8 Å². The third-order valence-corrected chi connectivity index (χ3v) is 3.92. The molecule has 0 bridgehead atoms. The predicted molar refractivity (Wildman–Crippen MR) is 73.5 cm³/mol. The van der Waals surface area contributed by atoms with Gasteiger partial charge in [-0.25, -0.2) is 9.50 Å². The Balaban J connectivity index is 1.94. The van der Waals surface area contributed by atoms with Gasteiger partial charge in [-0.1, -0.05) is 0 Å². The fourth-order valence-electron chi connectivity index (χ4n) is 2.47. The van der Waals surface area contributed by atoms with Gasteiger partial charge in [0.2, 0.25) is 5.82 Å². The summed E-state index contributed by atoms with van der Waals surface area (Å²) in [6.45, 7) is 7.49. The topological polar surface area (TPSA) is 75.4 Å². The Morgan fingerprint density at radius 3 is 3.00 bits per heavy atom. The van der Waals surface area contributed by atoms with E-state index in [0.717, 1.165) is 12.2 Å². The number of nitrogens with zero attached hydrogens (tertiary/aromatic N) is 5. The minimum atomic E-state index is -0.129. The molecule has 7 heteroatoms. The molecule has 0 spiro atoms. The van der Waals surface area contributed by atoms with Crippen molar-refractivity contribution >= 4 is 11.7 Å². The van der Waals surface area contributed by atoms with E-state index in [9.17, 15) is 4.79 Å². The summed E-state index contributed by atoms with van der Waals surface area (Å²) in [6.07, 6.45) is 1.67. The van der Waals surface area contributed by atoms with Crippen LogP contribution in [0.4, 0.5) is 0 Å². The van der Waals surface area contributed by atoms with E-state index in [1.54, 1.807) is 10.7 Å². The van der Waals surface area contributed by atoms with E-state index in [2.05, 4.69) is 27.3 Å². The predicted octanol–water partition coefficient (Wildman–Crippen LogP) is 0.255. The fourth-order valence-corrected chi connectivity index (χ4v) is 2.47. The first-order valence-electron chi connectivity index (χ1n) is 6.80. The van der Waals surface area contributed by atoms with Gasteiger partial charge < -0.3 is 10.2 Å². The molecule has 2 aromatic rings. The van der Waals surface area contributed by atoms with Crippen LogP contribution in [0.3, 0.4) is 0 Å². The van der Waals surface area contributed by atoms with Crippen molar-refractivity contribution in [2.75, 3.05) is 13.1 Å². The summed E-state index contributed by atoms with van der Waals surface area (Å²) in [4.78, 5) is 22.8. The number of hydrogen-bond donors (Lipinski definition) is 1. The summed E-state index contributed by atoms with van der Waals surface area (Å²) in [5.41, 5.74) is 0.906. The number of carbonyl (C=O) groups is 1. The summed E-state index contributed by atoms with van der Waals surface area (Å²) in [6, 6.07) is 2.23. The molecule has 1 N–H and O–H groups in total. The van der Waals surface area contributed by atoms with E-state index in [1.165, 1.54) is 0 Å². The second kappa shape index (κ2) is 4.82. The van der Waals surface area contributed by atoms with Crippen LogP contribution in [-0.2, 0) is 0 Å². The van der Waals surface area contributed by atoms with Crippen molar-refractivity contribution in [2.24, 2.45) is 0 Å². The molecule has 1 amide bonds. The van der Waals surface area contributed by atoms with Gasteiger partial charge in [0.15, 0.2) is 0 Å². The summed E-state index contributed by atoms with van der Waals surface area (Å²) >= 11 is 0. The second-order valence-corrected chi connectivity index (χ2v) is 5.22. The third kappa shape index (κ3) is 2.03. The standard InChI is InChI=1S/C13H18N6O/c1-8-4-5-15-13-16-11(17-19(8)13)12(20)18-7-6-14-9(2)10(18)3/h4-5,9-10,14H,6-7H2,1-3H3/t9-,10+/m0/s1. The lowest BCUT2D eigenvalue weighted by Gasteiger charge is -2.37. The van der Waals surface area contributed by atoms with Crippen LogP contribution in [0, 0.1) is 6.92 Å². The zero-order valence-electron chi connectivity index (χ0n) is 11.9. The number of carbonyl (C=O) groups excluding carboxylic acids is 1. The maximum atomic E-state index is 12.6. The number of aryl methyl sites for hydroxylation is 1. The quantitative estimate of drug-likeness (QED) is 0.807. The van der Waals surface area contributed by atoms with Crippen molar-refractivity contribution in [3.8, 4) is 0 Å². The molecule has 20 heavy (non-hydrogen) atoms. The van der Waals surface area contributed by atoms with E-state index in [-0.39, 0.29) is 23.8 Å². The zero-order valence-corrected chi connectivity index (χ0v) is 11.9. The van der Waals surface area contributed by atoms with Crippen molar-refractivity contribution in [3.05, 3.63) is 23.8 Å². The highest BCUT2D eigenvalue weighted by Gasteiger charge is 2.31. The molecule has 0 saturated carbocycles. The number of hydrogen-bond acceptors (Lipinski definition) is 5. The average Bonchev–Trinajstić information content (AvgIpc) is 2.87. The molecular formula is C13H18N6O. The van der Waals surface area contributed by atoms with E-state index >= 15 is 0 Å². The maximum Gasteiger partial charge on any atom is 0.293 e. The van der Waals surface area contributed by atoms with Crippen molar-refractivity contribution < 1.29 is 4.79 Å². The van der Waals surface area contributed by atoms with Gasteiger partial charge in [0.25, 0.3) is 11.7 Å². The highest BCUT2D eigenvalue weighted by atomic mass is 16.2. The number of aromatic nitrogens is 4. The Morgan fingerprint density at radius 1 is 1.45 bits per heavy atom. The summed E-state index contributed by atoms with van der Waals surface area (Å²) in [5.74, 6) is 0.549. The van der Waals surface area contributed by atoms with Gasteiger partial charge in [0.05, 0.1) is 0 Å². The monoisotopic (exact) mass is 274 g/mol. The Kier molecular flexibility index (Phi) is 3.13. The van der Waals surface area contributed by atoms with E-state index in [1.807, 2.05) is 24.8 Å². The van der Waals surface area contributed by atoms with Crippen molar-refractivity contribution in [2.45, 2.75) is 32.9 Å². The number of nitrogens with one attached hydrogen (secondary N) is 1. The number of rotatable bonds is 1. The van der Waals surface area contributed by atoms with Gasteiger partial charge in [-0.3, -0.25) is 4.79 Å². The summed E-state index contributed by atoms with van der Waals surface area (Å²) in [5, 5.41) is 7.63. The van der Waals surface area contributed by atoms with Crippen LogP contribution in [0.15, 0.2) is 12.3 Å². The minimum Gasteiger partial charge on any atom is -0.330 e. The molecule has 1 fully saturated rings. The normalized spacial score (nSPS) is 23.2. The molecule has 7 nitrogen and oxygen atoms in total. The smallest absolute Gasteiger partial charge is 0.293 e. The van der Waals surface area contributed by atoms with Crippen LogP contribution in [0.1, 0.15) is 30.2 Å². The van der Waals surface area contributed by atoms with Crippen molar-refractivity contribution in [1.29, 1.82) is 0 Å². The molecule has 2 aromatic heterocycles. The van der Waals surface area contributed by atoms with Gasteiger partial charge >= 0.3 is 0 Å². The maximum absolute atomic E-state index is 12.6. The van der Waals surface area contributed by atoms with Crippen LogP contribution < -0.4 is 5.32 Å². The molecule has 1 saturated heterocycles. The van der Waals surface area contributed by atoms with E-state index < -0.39 is 0 Å². The molecule has 1 aliphatic heterocycles. The Hall–Kier alpha value is -2.02. The average molecular weight is 274 g/mol. The van der Waals surface area contributed by atoms with Crippen molar-refractivity contribution in [3.63, 3.8) is 0 Å². The van der Waals surface area contributed by atoms with Gasteiger partial charge in [-0.2, -0.15) is 4.98 Å². The molecule has 2 atom stereocenters. The zero-order chi connectivity index (χ0) is 14.3. The Labute approximate surface area is 117 Å². The molecule has 106 valence electrons. The third-order valence-electron chi connectivity index (χ3n) is 3.92. The number of piperazine rings is 1. The SMILES string of the molecule is Cc1ccnc2nc(C(=O)N3CCN[C@@H](C)[C@H]3C)nn12. The number of amides is 1. The lowest BCUT2D eigenvalue weighted by atomic mass is 10.1. The lowest BCUT2D eigenvalue weighted by molar-refractivity contribution is 0.0590. The van der Waals surface area contributed by atoms with Gasteiger partial charge in [-0.05, 0) is 26.8 Å². The first kappa shape index (κ1) is 13.0. The molecular weight excluding hydrogens is 256 g/mol. The number of fused-ring (bicyclic) bond motifs is 1. The van der Waals surface area contributed by atoms with Crippen LogP contribution in [-0.4, -0.2) is 55.6 Å². The molecule has 0 radical (unpaired) electrons. The summed E-state index contributed by atoms with van der Waals surface area (Å²) < 4.78 is 1.60. The molecule has 0 unspecified atom stereocenters. The highest BCUT2D eigenvalue weighted by molar-refractivity contribution is 5.91. The minimum absolute atomic E-state index is 0.122. The second-order valence-electron chi connectivity index (χ2n) is 5.22. The fraction of sp³-hybridized carbons (Fsp3) is 0.538. The Bertz CT molecular complexity index is 651. The first-order chi connectivity index (χ1) is 9.58. The van der Waals surface area contributed by atoms with Crippen LogP contribution >= 0.6 is 0 Å². The molecule has 3 heterocycles. The highest BCUT2D eigenvalue weighted by Crippen LogP contribution is 2.12. The van der Waals surface area contributed by atoms with Gasteiger partial charge in [-0.15, -0.1) is 5.10 Å². The summed E-state index contributed by atoms with van der Waals surface area (Å²) in [7, 11) is 0. The van der Waals surface area contributed by atoms with E-state index in [0.29, 0.717) is 12.3 Å². The largest absolute Gasteiger partial charge is 0.330 e. The van der Waals surface area contributed by atoms with Crippen LogP contribution in [0.2, 0.25) is 0 Å². The van der Waals surface area contributed by atoms with Crippen LogP contribution in [0.5, 0.6) is 0 Å². The van der Waals surface area contributed by atoms with Crippen LogP contribution in [0.25, 0.3) is 5.78 Å². The lowest BCUT2D eigenvalue weighted by Crippen LogP contribution is -2.57. The molecule has 3 rings (SSSR count). The van der Waals surface area contributed by atoms with Gasteiger partial charge in [0.1, 0.15) is 0 Å². The Morgan fingerprint density at radius 2 is 2.25 bits per heavy atom. The van der Waals surface area contributed by atoms with Gasteiger partial charge in [0, 0.05) is 37.1 Å². The molecule has 1 aliphatic rings. The first-order valence-corrected chi connectivity index (χ1v) is 6.80. The molecule has 0 aliphatic carbocycles. The van der Waals surface area contributed by atoms with E-state index in [4.69, 9.17) is 0 Å². The molecule has 0 aromatic carbocycles.